The largest absolute Gasteiger partial charge is 0.378 e. The standard InChI is InChI=1S/C27H37N3O/c1-19(2)30-26-15-20(3)22(16-25(26)21(4)17-27(30,5)6)18-28-23-7-9-24(10-8-23)29-11-13-31-14-12-29/h7-10,15-16,18-19,21H,11-14,17H2,1-6H3/t21-/m0/s1. The third-order valence-electron chi connectivity index (χ3n) is 6.76. The molecule has 0 spiro atoms. The van der Waals surface area contributed by atoms with Gasteiger partial charge in [-0.1, -0.05) is 6.92 Å². The Kier molecular flexibility index (Phi) is 6.11. The van der Waals surface area contributed by atoms with Crippen LogP contribution in [0.5, 0.6) is 0 Å². The highest BCUT2D eigenvalue weighted by molar-refractivity contribution is 5.86. The van der Waals surface area contributed by atoms with Gasteiger partial charge >= 0.3 is 0 Å². The van der Waals surface area contributed by atoms with Crippen molar-refractivity contribution in [1.29, 1.82) is 0 Å². The zero-order valence-corrected chi connectivity index (χ0v) is 20.0. The van der Waals surface area contributed by atoms with Crippen molar-refractivity contribution in [3.05, 3.63) is 53.1 Å². The van der Waals surface area contributed by atoms with Crippen molar-refractivity contribution in [2.75, 3.05) is 36.1 Å². The van der Waals surface area contributed by atoms with Crippen LogP contribution in [0.15, 0.2) is 41.4 Å². The predicted octanol–water partition coefficient (Wildman–Crippen LogP) is 6.08. The highest BCUT2D eigenvalue weighted by atomic mass is 16.5. The monoisotopic (exact) mass is 419 g/mol. The number of hydrogen-bond donors (Lipinski definition) is 0. The third kappa shape index (κ3) is 4.50. The van der Waals surface area contributed by atoms with Crippen molar-refractivity contribution in [3.63, 3.8) is 0 Å². The summed E-state index contributed by atoms with van der Waals surface area (Å²) in [5.41, 5.74) is 7.75. The van der Waals surface area contributed by atoms with Crippen LogP contribution in [0.3, 0.4) is 0 Å². The first-order chi connectivity index (χ1) is 14.8. The minimum absolute atomic E-state index is 0.171. The van der Waals surface area contributed by atoms with E-state index in [9.17, 15) is 0 Å². The molecule has 0 saturated carbocycles. The fraction of sp³-hybridized carbons (Fsp3) is 0.519. The highest BCUT2D eigenvalue weighted by Crippen LogP contribution is 2.45. The Balaban J connectivity index is 1.58. The zero-order chi connectivity index (χ0) is 22.2. The third-order valence-corrected chi connectivity index (χ3v) is 6.76. The van der Waals surface area contributed by atoms with Gasteiger partial charge in [-0.25, -0.2) is 0 Å². The van der Waals surface area contributed by atoms with Crippen molar-refractivity contribution >= 4 is 23.3 Å². The molecule has 2 aliphatic rings. The molecule has 1 atom stereocenters. The number of fused-ring (bicyclic) bond motifs is 1. The van der Waals surface area contributed by atoms with E-state index in [0.29, 0.717) is 12.0 Å². The first-order valence-corrected chi connectivity index (χ1v) is 11.7. The first kappa shape index (κ1) is 21.9. The maximum Gasteiger partial charge on any atom is 0.0642 e. The molecule has 4 nitrogen and oxygen atoms in total. The number of rotatable bonds is 4. The van der Waals surface area contributed by atoms with Crippen molar-refractivity contribution in [2.45, 2.75) is 65.5 Å². The average Bonchev–Trinajstić information content (AvgIpc) is 2.72. The van der Waals surface area contributed by atoms with Gasteiger partial charge in [0, 0.05) is 42.3 Å². The van der Waals surface area contributed by atoms with Crippen LogP contribution >= 0.6 is 0 Å². The van der Waals surface area contributed by atoms with E-state index in [1.807, 2.05) is 6.21 Å². The van der Waals surface area contributed by atoms with E-state index in [0.717, 1.165) is 32.0 Å². The summed E-state index contributed by atoms with van der Waals surface area (Å²) in [6.07, 6.45) is 3.20. The molecule has 1 fully saturated rings. The number of hydrogen-bond acceptors (Lipinski definition) is 4. The van der Waals surface area contributed by atoms with Crippen LogP contribution in [0.25, 0.3) is 0 Å². The number of anilines is 2. The number of aliphatic imine (C=N–C) groups is 1. The number of nitrogens with zero attached hydrogens (tertiary/aromatic N) is 3. The average molecular weight is 420 g/mol. The Hall–Kier alpha value is -2.33. The zero-order valence-electron chi connectivity index (χ0n) is 20.0. The highest BCUT2D eigenvalue weighted by Gasteiger charge is 2.37. The summed E-state index contributed by atoms with van der Waals surface area (Å²) in [5.74, 6) is 0.542. The Bertz CT molecular complexity index is 940. The van der Waals surface area contributed by atoms with Gasteiger partial charge in [0.25, 0.3) is 0 Å². The Labute approximate surface area is 187 Å². The van der Waals surface area contributed by atoms with Crippen molar-refractivity contribution < 1.29 is 4.74 Å². The summed E-state index contributed by atoms with van der Waals surface area (Å²) < 4.78 is 5.45. The van der Waals surface area contributed by atoms with E-state index >= 15 is 0 Å². The summed E-state index contributed by atoms with van der Waals surface area (Å²) in [7, 11) is 0. The molecule has 0 aliphatic carbocycles. The summed E-state index contributed by atoms with van der Waals surface area (Å²) in [6, 6.07) is 13.8. The molecule has 0 aromatic heterocycles. The van der Waals surface area contributed by atoms with Gasteiger partial charge in [0.05, 0.1) is 18.9 Å². The summed E-state index contributed by atoms with van der Waals surface area (Å²) >= 11 is 0. The maximum absolute atomic E-state index is 5.45. The molecule has 4 rings (SSSR count). The molecule has 31 heavy (non-hydrogen) atoms. The lowest BCUT2D eigenvalue weighted by Crippen LogP contribution is -2.51. The molecule has 0 N–H and O–H groups in total. The van der Waals surface area contributed by atoms with E-state index in [-0.39, 0.29) is 5.54 Å². The molecule has 2 aliphatic heterocycles. The van der Waals surface area contributed by atoms with Gasteiger partial charge in [-0.2, -0.15) is 0 Å². The second-order valence-electron chi connectivity index (χ2n) is 10.0. The molecule has 1 saturated heterocycles. The van der Waals surface area contributed by atoms with E-state index in [2.05, 4.69) is 87.7 Å². The van der Waals surface area contributed by atoms with E-state index < -0.39 is 0 Å². The number of morpholine rings is 1. The van der Waals surface area contributed by atoms with Crippen molar-refractivity contribution in [2.24, 2.45) is 4.99 Å². The molecule has 166 valence electrons. The second-order valence-corrected chi connectivity index (χ2v) is 10.0. The number of aryl methyl sites for hydroxylation is 1. The van der Waals surface area contributed by atoms with Crippen LogP contribution in [-0.2, 0) is 4.74 Å². The summed E-state index contributed by atoms with van der Waals surface area (Å²) in [6.45, 7) is 17.4. The molecule has 2 aromatic rings. The van der Waals surface area contributed by atoms with Crippen LogP contribution in [0, 0.1) is 6.92 Å². The van der Waals surface area contributed by atoms with E-state index in [1.165, 1.54) is 34.5 Å². The van der Waals surface area contributed by atoms with Gasteiger partial charge in [0.2, 0.25) is 0 Å². The van der Waals surface area contributed by atoms with Gasteiger partial charge in [-0.3, -0.25) is 4.99 Å². The van der Waals surface area contributed by atoms with Crippen LogP contribution in [0.1, 0.15) is 63.6 Å². The molecule has 0 radical (unpaired) electrons. The van der Waals surface area contributed by atoms with Crippen LogP contribution in [0.2, 0.25) is 0 Å². The van der Waals surface area contributed by atoms with Gasteiger partial charge in [0.15, 0.2) is 0 Å². The summed E-state index contributed by atoms with van der Waals surface area (Å²) in [4.78, 5) is 9.77. The van der Waals surface area contributed by atoms with Crippen LogP contribution < -0.4 is 9.80 Å². The van der Waals surface area contributed by atoms with Gasteiger partial charge in [-0.15, -0.1) is 0 Å². The van der Waals surface area contributed by atoms with E-state index in [1.54, 1.807) is 0 Å². The Morgan fingerprint density at radius 1 is 1.10 bits per heavy atom. The SMILES string of the molecule is Cc1cc2c(cc1C=Nc1ccc(N3CCOCC3)cc1)[C@@H](C)CC(C)(C)N2C(C)C. The smallest absolute Gasteiger partial charge is 0.0642 e. The van der Waals surface area contributed by atoms with Gasteiger partial charge in [-0.05, 0) is 100 Å². The molecule has 2 aromatic carbocycles. The lowest BCUT2D eigenvalue weighted by molar-refractivity contribution is 0.122. The Morgan fingerprint density at radius 2 is 1.77 bits per heavy atom. The minimum atomic E-state index is 0.171. The molecule has 0 amide bonds. The molecule has 2 heterocycles. The van der Waals surface area contributed by atoms with Gasteiger partial charge < -0.3 is 14.5 Å². The molecule has 4 heteroatoms. The lowest BCUT2D eigenvalue weighted by atomic mass is 9.78. The van der Waals surface area contributed by atoms with Crippen LogP contribution in [0.4, 0.5) is 17.1 Å². The van der Waals surface area contributed by atoms with Crippen molar-refractivity contribution in [3.8, 4) is 0 Å². The fourth-order valence-electron chi connectivity index (χ4n) is 5.45. The van der Waals surface area contributed by atoms with E-state index in [4.69, 9.17) is 9.73 Å². The summed E-state index contributed by atoms with van der Waals surface area (Å²) in [5, 5.41) is 0. The fourth-order valence-corrected chi connectivity index (χ4v) is 5.45. The molecule has 0 bridgehead atoms. The molecule has 0 unspecified atom stereocenters. The lowest BCUT2D eigenvalue weighted by Gasteiger charge is -2.50. The van der Waals surface area contributed by atoms with Crippen molar-refractivity contribution in [1.82, 2.24) is 0 Å². The quantitative estimate of drug-likeness (QED) is 0.562. The normalized spacial score (nSPS) is 21.1. The minimum Gasteiger partial charge on any atom is -0.378 e. The second kappa shape index (κ2) is 8.66. The predicted molar refractivity (Wildman–Crippen MR) is 133 cm³/mol. The maximum atomic E-state index is 5.45. The first-order valence-electron chi connectivity index (χ1n) is 11.7. The topological polar surface area (TPSA) is 28.1 Å². The molecular weight excluding hydrogens is 382 g/mol. The Morgan fingerprint density at radius 3 is 2.42 bits per heavy atom. The van der Waals surface area contributed by atoms with Crippen LogP contribution in [-0.4, -0.2) is 44.1 Å². The number of benzene rings is 2. The number of ether oxygens (including phenoxy) is 1. The molecular formula is C27H37N3O. The van der Waals surface area contributed by atoms with Gasteiger partial charge in [0.1, 0.15) is 0 Å².